The van der Waals surface area contributed by atoms with Gasteiger partial charge in [-0.2, -0.15) is 13.2 Å². The first-order valence-corrected chi connectivity index (χ1v) is 3.01. The van der Waals surface area contributed by atoms with Gasteiger partial charge in [-0.15, -0.1) is 0 Å². The molecule has 1 aromatic rings. The Hall–Kier alpha value is -1.04. The van der Waals surface area contributed by atoms with Crippen LogP contribution >= 0.6 is 0 Å². The predicted octanol–water partition coefficient (Wildman–Crippen LogP) is 1.38. The third-order valence-electron chi connectivity index (χ3n) is 1.15. The fourth-order valence-electron chi connectivity index (χ4n) is 0.613. The number of aliphatic hydroxyl groups is 1. The summed E-state index contributed by atoms with van der Waals surface area (Å²) >= 11 is 0. The zero-order chi connectivity index (χ0) is 9.35. The van der Waals surface area contributed by atoms with Crippen LogP contribution in [0, 0.1) is 13.2 Å². The normalized spacial score (nSPS) is 14.8. The number of rotatable bonds is 1. The molecule has 0 aliphatic carbocycles. The largest absolute Gasteiger partial charge is 0.437 e. The molecule has 1 unspecified atom stereocenters. The zero-order valence-corrected chi connectivity index (χ0v) is 6.01. The maximum atomic E-state index is 11.8. The van der Waals surface area contributed by atoms with Crippen LogP contribution in [0.2, 0.25) is 0 Å². The second-order valence-corrected chi connectivity index (χ2v) is 2.16. The first-order valence-electron chi connectivity index (χ1n) is 3.01. The van der Waals surface area contributed by atoms with Crippen molar-refractivity contribution in [3.05, 3.63) is 17.8 Å². The van der Waals surface area contributed by atoms with E-state index in [4.69, 9.17) is 5.11 Å². The molecule has 67 valence electrons. The lowest BCUT2D eigenvalue weighted by molar-refractivity contribution is -0.208. The highest BCUT2D eigenvalue weighted by Gasteiger charge is 2.41. The summed E-state index contributed by atoms with van der Waals surface area (Å²) in [6, 6.07) is 0. The van der Waals surface area contributed by atoms with E-state index in [0.717, 1.165) is 0 Å². The minimum Gasteiger partial charge on any atom is -0.437 e. The SMILES string of the molecule is Cc1nc(C(O)C(F)(F)F)[c]o1. The Kier molecular flexibility index (Phi) is 2.10. The Morgan fingerprint density at radius 1 is 1.58 bits per heavy atom. The van der Waals surface area contributed by atoms with Gasteiger partial charge in [0.25, 0.3) is 0 Å². The summed E-state index contributed by atoms with van der Waals surface area (Å²) in [7, 11) is 0. The molecule has 6 heteroatoms. The molecule has 1 aromatic heterocycles. The summed E-state index contributed by atoms with van der Waals surface area (Å²) in [6.07, 6.45) is -5.48. The van der Waals surface area contributed by atoms with E-state index < -0.39 is 18.0 Å². The highest BCUT2D eigenvalue weighted by molar-refractivity contribution is 5.00. The molecule has 1 heterocycles. The van der Waals surface area contributed by atoms with E-state index in [9.17, 15) is 13.2 Å². The molecule has 3 nitrogen and oxygen atoms in total. The first-order chi connectivity index (χ1) is 5.41. The molecule has 0 bridgehead atoms. The van der Waals surface area contributed by atoms with E-state index in [2.05, 4.69) is 9.40 Å². The van der Waals surface area contributed by atoms with Crippen molar-refractivity contribution < 1.29 is 22.7 Å². The van der Waals surface area contributed by atoms with E-state index in [1.165, 1.54) is 6.92 Å². The molecule has 1 rings (SSSR count). The number of aryl methyl sites for hydroxylation is 1. The third-order valence-corrected chi connectivity index (χ3v) is 1.15. The van der Waals surface area contributed by atoms with Gasteiger partial charge in [-0.1, -0.05) is 0 Å². The first kappa shape index (κ1) is 9.05. The summed E-state index contributed by atoms with van der Waals surface area (Å²) in [6.45, 7) is 1.36. The average Bonchev–Trinajstić information content (AvgIpc) is 2.32. The van der Waals surface area contributed by atoms with E-state index in [0.29, 0.717) is 0 Å². The average molecular weight is 180 g/mol. The lowest BCUT2D eigenvalue weighted by Crippen LogP contribution is -2.20. The molecule has 12 heavy (non-hydrogen) atoms. The van der Waals surface area contributed by atoms with Gasteiger partial charge in [0.1, 0.15) is 5.69 Å². The van der Waals surface area contributed by atoms with Crippen LogP contribution in [-0.4, -0.2) is 16.3 Å². The van der Waals surface area contributed by atoms with Gasteiger partial charge in [-0.25, -0.2) is 4.98 Å². The van der Waals surface area contributed by atoms with Gasteiger partial charge in [0.05, 0.1) is 0 Å². The summed E-state index contributed by atoms with van der Waals surface area (Å²) < 4.78 is 39.8. The molecule has 0 amide bonds. The van der Waals surface area contributed by atoms with Crippen LogP contribution in [0.5, 0.6) is 0 Å². The van der Waals surface area contributed by atoms with Gasteiger partial charge in [0.15, 0.2) is 18.3 Å². The van der Waals surface area contributed by atoms with E-state index >= 15 is 0 Å². The van der Waals surface area contributed by atoms with Crippen LogP contribution in [-0.2, 0) is 0 Å². The molecule has 0 fully saturated rings. The van der Waals surface area contributed by atoms with Crippen molar-refractivity contribution in [2.45, 2.75) is 19.2 Å². The lowest BCUT2D eigenvalue weighted by atomic mass is 10.3. The molecule has 1 atom stereocenters. The molecule has 0 spiro atoms. The van der Waals surface area contributed by atoms with Gasteiger partial charge < -0.3 is 9.52 Å². The number of nitrogens with zero attached hydrogens (tertiary/aromatic N) is 1. The van der Waals surface area contributed by atoms with E-state index in [1.54, 1.807) is 0 Å². The second-order valence-electron chi connectivity index (χ2n) is 2.16. The molecule has 0 saturated carbocycles. The Balaban J connectivity index is 2.85. The quantitative estimate of drug-likeness (QED) is 0.710. The molecule has 1 radical (unpaired) electrons. The fraction of sp³-hybridized carbons (Fsp3) is 0.500. The molecule has 0 saturated heterocycles. The monoisotopic (exact) mass is 180 g/mol. The summed E-state index contributed by atoms with van der Waals surface area (Å²) in [5.74, 6) is 0.0355. The van der Waals surface area contributed by atoms with Gasteiger partial charge >= 0.3 is 6.18 Å². The second kappa shape index (κ2) is 2.78. The van der Waals surface area contributed by atoms with Crippen molar-refractivity contribution in [3.63, 3.8) is 0 Å². The molecular weight excluding hydrogens is 175 g/mol. The van der Waals surface area contributed by atoms with Gasteiger partial charge in [0.2, 0.25) is 0 Å². The standard InChI is InChI=1S/C6H5F3NO2/c1-3-10-4(2-12-3)5(11)6(7,8)9/h5,11H,1H3. The predicted molar refractivity (Wildman–Crippen MR) is 31.1 cm³/mol. The Morgan fingerprint density at radius 2 is 2.17 bits per heavy atom. The maximum absolute atomic E-state index is 11.8. The van der Waals surface area contributed by atoms with Crippen molar-refractivity contribution in [1.29, 1.82) is 0 Å². The van der Waals surface area contributed by atoms with E-state index in [1.807, 2.05) is 6.26 Å². The van der Waals surface area contributed by atoms with Gasteiger partial charge in [-0.05, 0) is 0 Å². The molecular formula is C6H5F3NO2. The lowest BCUT2D eigenvalue weighted by Gasteiger charge is -2.10. The van der Waals surface area contributed by atoms with Crippen LogP contribution in [0.4, 0.5) is 13.2 Å². The summed E-state index contributed by atoms with van der Waals surface area (Å²) in [5.41, 5.74) is -0.639. The minimum atomic E-state index is -4.72. The number of oxazole rings is 1. The van der Waals surface area contributed by atoms with Crippen molar-refractivity contribution in [2.24, 2.45) is 0 Å². The number of hydrogen-bond donors (Lipinski definition) is 1. The summed E-state index contributed by atoms with van der Waals surface area (Å²) in [5, 5.41) is 8.59. The number of aliphatic hydroxyl groups excluding tert-OH is 1. The highest BCUT2D eigenvalue weighted by atomic mass is 19.4. The van der Waals surface area contributed by atoms with Crippen molar-refractivity contribution in [2.75, 3.05) is 0 Å². The van der Waals surface area contributed by atoms with E-state index in [-0.39, 0.29) is 5.89 Å². The fourth-order valence-corrected chi connectivity index (χ4v) is 0.613. The Morgan fingerprint density at radius 3 is 2.50 bits per heavy atom. The Bertz CT molecular complexity index is 268. The zero-order valence-electron chi connectivity index (χ0n) is 6.01. The topological polar surface area (TPSA) is 46.3 Å². The molecule has 1 N–H and O–H groups in total. The van der Waals surface area contributed by atoms with Crippen LogP contribution in [0.25, 0.3) is 0 Å². The van der Waals surface area contributed by atoms with Gasteiger partial charge in [0, 0.05) is 6.92 Å². The molecule has 0 aliphatic rings. The van der Waals surface area contributed by atoms with Gasteiger partial charge in [-0.3, -0.25) is 0 Å². The highest BCUT2D eigenvalue weighted by Crippen LogP contribution is 2.31. The van der Waals surface area contributed by atoms with Crippen molar-refractivity contribution in [1.82, 2.24) is 4.98 Å². The van der Waals surface area contributed by atoms with Crippen LogP contribution in [0.1, 0.15) is 17.7 Å². The Labute approximate surface area is 65.8 Å². The van der Waals surface area contributed by atoms with Crippen LogP contribution in [0.15, 0.2) is 4.42 Å². The number of alkyl halides is 3. The molecule has 0 aromatic carbocycles. The van der Waals surface area contributed by atoms with Crippen LogP contribution in [0.3, 0.4) is 0 Å². The van der Waals surface area contributed by atoms with Crippen molar-refractivity contribution in [3.8, 4) is 0 Å². The number of hydrogen-bond acceptors (Lipinski definition) is 3. The smallest absolute Gasteiger partial charge is 0.420 e. The molecule has 0 aliphatic heterocycles. The number of halogens is 3. The number of aromatic nitrogens is 1. The van der Waals surface area contributed by atoms with Crippen molar-refractivity contribution >= 4 is 0 Å². The third kappa shape index (κ3) is 1.76. The maximum Gasteiger partial charge on any atom is 0.420 e. The minimum absolute atomic E-state index is 0.0355. The summed E-state index contributed by atoms with van der Waals surface area (Å²) in [4.78, 5) is 3.28. The van der Waals surface area contributed by atoms with Crippen LogP contribution < -0.4 is 0 Å².